The highest BCUT2D eigenvalue weighted by molar-refractivity contribution is 6.31. The summed E-state index contributed by atoms with van der Waals surface area (Å²) >= 11 is 6.40. The van der Waals surface area contributed by atoms with Gasteiger partial charge in [-0.05, 0) is 25.0 Å². The van der Waals surface area contributed by atoms with Crippen LogP contribution in [0.15, 0.2) is 18.2 Å². The van der Waals surface area contributed by atoms with Crippen LogP contribution in [0.4, 0.5) is 5.69 Å². The van der Waals surface area contributed by atoms with Crippen LogP contribution in [-0.2, 0) is 6.54 Å². The zero-order valence-corrected chi connectivity index (χ0v) is 13.0. The van der Waals surface area contributed by atoms with Crippen molar-refractivity contribution in [2.24, 2.45) is 0 Å². The molecule has 1 aromatic carbocycles. The number of nitrogens with zero attached hydrogens (tertiary/aromatic N) is 1. The third kappa shape index (κ3) is 3.64. The van der Waals surface area contributed by atoms with E-state index in [2.05, 4.69) is 43.2 Å². The maximum Gasteiger partial charge on any atom is 0.0471 e. The lowest BCUT2D eigenvalue weighted by Crippen LogP contribution is -2.31. The molecular weight excluding hydrogens is 256 g/mol. The number of nitrogens with one attached hydrogen (secondary N) is 1. The monoisotopic (exact) mass is 280 g/mol. The van der Waals surface area contributed by atoms with Crippen molar-refractivity contribution in [1.82, 2.24) is 5.32 Å². The standard InChI is InChI=1S/C16H25ClN2/c1-12(2)18-11-14-15(17)9-6-10-16(14)19(3)13-7-4-5-8-13/h6,9-10,12-13,18H,4-5,7-8,11H2,1-3H3. The predicted molar refractivity (Wildman–Crippen MR) is 84.1 cm³/mol. The Kier molecular flexibility index (Phi) is 5.12. The molecule has 3 heteroatoms. The molecule has 1 fully saturated rings. The molecule has 1 aliphatic carbocycles. The molecular formula is C16H25ClN2. The lowest BCUT2D eigenvalue weighted by Gasteiger charge is -2.29. The topological polar surface area (TPSA) is 15.3 Å². The van der Waals surface area contributed by atoms with E-state index in [1.54, 1.807) is 0 Å². The highest BCUT2D eigenvalue weighted by atomic mass is 35.5. The third-order valence-corrected chi connectivity index (χ3v) is 4.39. The highest BCUT2D eigenvalue weighted by Gasteiger charge is 2.22. The Labute approximate surface area is 122 Å². The predicted octanol–water partition coefficient (Wildman–Crippen LogP) is 4.22. The Morgan fingerprint density at radius 2 is 2.00 bits per heavy atom. The lowest BCUT2D eigenvalue weighted by molar-refractivity contribution is 0.585. The third-order valence-electron chi connectivity index (χ3n) is 4.03. The molecule has 1 N–H and O–H groups in total. The van der Waals surface area contributed by atoms with Crippen LogP contribution >= 0.6 is 11.6 Å². The second-order valence-electron chi connectivity index (χ2n) is 5.82. The van der Waals surface area contributed by atoms with E-state index >= 15 is 0 Å². The average molecular weight is 281 g/mol. The first-order valence-corrected chi connectivity index (χ1v) is 7.71. The Morgan fingerprint density at radius 3 is 2.63 bits per heavy atom. The SMILES string of the molecule is CC(C)NCc1c(Cl)cccc1N(C)C1CCCC1. The van der Waals surface area contributed by atoms with Crippen molar-refractivity contribution in [2.45, 2.75) is 58.2 Å². The molecule has 1 saturated carbocycles. The zero-order valence-electron chi connectivity index (χ0n) is 12.2. The van der Waals surface area contributed by atoms with E-state index in [1.807, 2.05) is 6.07 Å². The summed E-state index contributed by atoms with van der Waals surface area (Å²) < 4.78 is 0. The van der Waals surface area contributed by atoms with Gasteiger partial charge in [-0.25, -0.2) is 0 Å². The summed E-state index contributed by atoms with van der Waals surface area (Å²) in [5.41, 5.74) is 2.51. The molecule has 0 atom stereocenters. The summed E-state index contributed by atoms with van der Waals surface area (Å²) in [7, 11) is 2.21. The first-order chi connectivity index (χ1) is 9.09. The molecule has 0 spiro atoms. The van der Waals surface area contributed by atoms with Crippen molar-refractivity contribution in [3.63, 3.8) is 0 Å². The van der Waals surface area contributed by atoms with Gasteiger partial charge in [-0.3, -0.25) is 0 Å². The van der Waals surface area contributed by atoms with Crippen LogP contribution in [0.25, 0.3) is 0 Å². The minimum atomic E-state index is 0.473. The maximum atomic E-state index is 6.40. The van der Waals surface area contributed by atoms with Gasteiger partial charge in [0.25, 0.3) is 0 Å². The largest absolute Gasteiger partial charge is 0.371 e. The summed E-state index contributed by atoms with van der Waals surface area (Å²) in [6.45, 7) is 5.16. The molecule has 0 unspecified atom stereocenters. The second kappa shape index (κ2) is 6.62. The molecule has 0 bridgehead atoms. The van der Waals surface area contributed by atoms with Gasteiger partial charge in [0, 0.05) is 41.9 Å². The minimum absolute atomic E-state index is 0.473. The number of rotatable bonds is 5. The number of hydrogen-bond acceptors (Lipinski definition) is 2. The fourth-order valence-electron chi connectivity index (χ4n) is 2.85. The average Bonchev–Trinajstić information content (AvgIpc) is 2.89. The second-order valence-corrected chi connectivity index (χ2v) is 6.23. The van der Waals surface area contributed by atoms with E-state index in [-0.39, 0.29) is 0 Å². The van der Waals surface area contributed by atoms with Crippen LogP contribution in [-0.4, -0.2) is 19.1 Å². The van der Waals surface area contributed by atoms with Gasteiger partial charge in [-0.2, -0.15) is 0 Å². The Morgan fingerprint density at radius 1 is 1.32 bits per heavy atom. The summed E-state index contributed by atoms with van der Waals surface area (Å²) in [5.74, 6) is 0. The molecule has 19 heavy (non-hydrogen) atoms. The van der Waals surface area contributed by atoms with Crippen molar-refractivity contribution in [3.8, 4) is 0 Å². The molecule has 106 valence electrons. The van der Waals surface area contributed by atoms with Crippen LogP contribution in [0, 0.1) is 0 Å². The molecule has 0 amide bonds. The van der Waals surface area contributed by atoms with Crippen LogP contribution in [0.1, 0.15) is 45.1 Å². The van der Waals surface area contributed by atoms with Crippen LogP contribution in [0.3, 0.4) is 0 Å². The minimum Gasteiger partial charge on any atom is -0.371 e. The molecule has 1 aromatic rings. The molecule has 0 aliphatic heterocycles. The van der Waals surface area contributed by atoms with Gasteiger partial charge in [0.1, 0.15) is 0 Å². The summed E-state index contributed by atoms with van der Waals surface area (Å²) in [5, 5.41) is 4.35. The first-order valence-electron chi connectivity index (χ1n) is 7.33. The molecule has 0 aromatic heterocycles. The summed E-state index contributed by atoms with van der Waals surface area (Å²) in [6.07, 6.45) is 5.32. The molecule has 0 radical (unpaired) electrons. The highest BCUT2D eigenvalue weighted by Crippen LogP contribution is 2.32. The van der Waals surface area contributed by atoms with E-state index in [1.165, 1.54) is 36.9 Å². The fraction of sp³-hybridized carbons (Fsp3) is 0.625. The van der Waals surface area contributed by atoms with Gasteiger partial charge in [0.15, 0.2) is 0 Å². The fourth-order valence-corrected chi connectivity index (χ4v) is 3.08. The molecule has 0 saturated heterocycles. The van der Waals surface area contributed by atoms with Crippen molar-refractivity contribution < 1.29 is 0 Å². The summed E-state index contributed by atoms with van der Waals surface area (Å²) in [6, 6.07) is 7.39. The van der Waals surface area contributed by atoms with Gasteiger partial charge >= 0.3 is 0 Å². The lowest BCUT2D eigenvalue weighted by atomic mass is 10.1. The van der Waals surface area contributed by atoms with Crippen LogP contribution in [0.5, 0.6) is 0 Å². The van der Waals surface area contributed by atoms with E-state index in [0.29, 0.717) is 12.1 Å². The normalized spacial score (nSPS) is 16.3. The van der Waals surface area contributed by atoms with Gasteiger partial charge in [-0.1, -0.05) is 44.4 Å². The molecule has 2 rings (SSSR count). The Hall–Kier alpha value is -0.730. The smallest absolute Gasteiger partial charge is 0.0471 e. The van der Waals surface area contributed by atoms with Gasteiger partial charge in [0.2, 0.25) is 0 Å². The Bertz CT molecular complexity index is 411. The first kappa shape index (κ1) is 14.7. The number of halogens is 1. The summed E-state index contributed by atoms with van der Waals surface area (Å²) in [4.78, 5) is 2.43. The van der Waals surface area contributed by atoms with E-state index in [0.717, 1.165) is 11.6 Å². The number of anilines is 1. The van der Waals surface area contributed by atoms with Gasteiger partial charge < -0.3 is 10.2 Å². The molecule has 1 aliphatic rings. The zero-order chi connectivity index (χ0) is 13.8. The van der Waals surface area contributed by atoms with Crippen molar-refractivity contribution >= 4 is 17.3 Å². The quantitative estimate of drug-likeness (QED) is 0.869. The number of benzene rings is 1. The van der Waals surface area contributed by atoms with Gasteiger partial charge in [0.05, 0.1) is 0 Å². The maximum absolute atomic E-state index is 6.40. The number of hydrogen-bond donors (Lipinski definition) is 1. The van der Waals surface area contributed by atoms with Crippen molar-refractivity contribution in [2.75, 3.05) is 11.9 Å². The van der Waals surface area contributed by atoms with E-state index < -0.39 is 0 Å². The van der Waals surface area contributed by atoms with Gasteiger partial charge in [-0.15, -0.1) is 0 Å². The van der Waals surface area contributed by atoms with Crippen molar-refractivity contribution in [3.05, 3.63) is 28.8 Å². The van der Waals surface area contributed by atoms with Crippen LogP contribution < -0.4 is 10.2 Å². The van der Waals surface area contributed by atoms with E-state index in [4.69, 9.17) is 11.6 Å². The van der Waals surface area contributed by atoms with Crippen LogP contribution in [0.2, 0.25) is 5.02 Å². The molecule has 0 heterocycles. The van der Waals surface area contributed by atoms with Crippen molar-refractivity contribution in [1.29, 1.82) is 0 Å². The Balaban J connectivity index is 2.20. The molecule has 2 nitrogen and oxygen atoms in total. The van der Waals surface area contributed by atoms with E-state index in [9.17, 15) is 0 Å².